The lowest BCUT2D eigenvalue weighted by atomic mass is 9.84. The van der Waals surface area contributed by atoms with Gasteiger partial charge in [-0.2, -0.15) is 0 Å². The Kier molecular flexibility index (Phi) is 5.95. The molecule has 0 radical (unpaired) electrons. The zero-order valence-electron chi connectivity index (χ0n) is 16.1. The predicted octanol–water partition coefficient (Wildman–Crippen LogP) is 3.51. The highest BCUT2D eigenvalue weighted by Crippen LogP contribution is 2.34. The first-order chi connectivity index (χ1) is 13.9. The number of hydrogen-bond acceptors (Lipinski definition) is 5. The summed E-state index contributed by atoms with van der Waals surface area (Å²) < 4.78 is 0. The second-order valence-corrected chi connectivity index (χ2v) is 8.69. The maximum atomic E-state index is 13.1. The number of carbonyl (C=O) groups is 1. The minimum atomic E-state index is -0.904. The van der Waals surface area contributed by atoms with E-state index < -0.39 is 5.60 Å². The molecule has 0 bridgehead atoms. The van der Waals surface area contributed by atoms with E-state index in [4.69, 9.17) is 23.2 Å². The lowest BCUT2D eigenvalue weighted by molar-refractivity contribution is -0.140. The molecular formula is C21H24Cl2N4O2. The van der Waals surface area contributed by atoms with Crippen LogP contribution in [0.2, 0.25) is 10.2 Å². The summed E-state index contributed by atoms with van der Waals surface area (Å²) in [6.45, 7) is 2.59. The molecule has 6 nitrogen and oxygen atoms in total. The van der Waals surface area contributed by atoms with Crippen LogP contribution in [0.1, 0.15) is 31.2 Å². The molecule has 0 unspecified atom stereocenters. The molecule has 0 aliphatic carbocycles. The van der Waals surface area contributed by atoms with Crippen LogP contribution in [0, 0.1) is 5.92 Å². The number of rotatable bonds is 3. The van der Waals surface area contributed by atoms with E-state index in [0.717, 1.165) is 30.8 Å². The number of nitrogens with zero attached hydrogens (tertiary/aromatic N) is 4. The molecule has 154 valence electrons. The normalized spacial score (nSPS) is 21.8. The van der Waals surface area contributed by atoms with E-state index in [1.165, 1.54) is 0 Å². The largest absolute Gasteiger partial charge is 0.385 e. The zero-order chi connectivity index (χ0) is 20.4. The molecule has 2 aromatic rings. The number of carbonyl (C=O) groups excluding carboxylic acids is 1. The van der Waals surface area contributed by atoms with Crippen LogP contribution >= 0.6 is 23.2 Å². The third-order valence-electron chi connectivity index (χ3n) is 6.00. The summed E-state index contributed by atoms with van der Waals surface area (Å²) in [5.41, 5.74) is -0.0436. The van der Waals surface area contributed by atoms with Crippen molar-refractivity contribution >= 4 is 34.9 Å². The average Bonchev–Trinajstić information content (AvgIpc) is 2.75. The topological polar surface area (TPSA) is 69.6 Å². The Labute approximate surface area is 180 Å². The minimum Gasteiger partial charge on any atom is -0.385 e. The molecular weight excluding hydrogens is 411 g/mol. The van der Waals surface area contributed by atoms with Crippen LogP contribution in [0.3, 0.4) is 0 Å². The molecule has 0 spiro atoms. The van der Waals surface area contributed by atoms with Gasteiger partial charge in [0, 0.05) is 31.2 Å². The highest BCUT2D eigenvalue weighted by molar-refractivity contribution is 6.30. The molecule has 1 atom stereocenters. The Balaban J connectivity index is 1.37. The monoisotopic (exact) mass is 434 g/mol. The second kappa shape index (κ2) is 8.46. The lowest BCUT2D eigenvalue weighted by Gasteiger charge is -2.41. The van der Waals surface area contributed by atoms with E-state index >= 15 is 0 Å². The summed E-state index contributed by atoms with van der Waals surface area (Å²) >= 11 is 11.8. The van der Waals surface area contributed by atoms with Gasteiger partial charge in [0.2, 0.25) is 5.91 Å². The quantitative estimate of drug-likeness (QED) is 0.799. The van der Waals surface area contributed by atoms with E-state index in [2.05, 4.69) is 15.1 Å². The van der Waals surface area contributed by atoms with Crippen molar-refractivity contribution < 1.29 is 9.90 Å². The summed E-state index contributed by atoms with van der Waals surface area (Å²) in [6, 6.07) is 10.9. The molecule has 29 heavy (non-hydrogen) atoms. The molecule has 3 heterocycles. The standard InChI is InChI=1S/C21H24Cl2N4O2/c22-17-5-3-16(4-6-17)21(29)9-12-26(13-10-21)20(28)15-2-1-11-27(14-15)19-8-7-18(23)24-25-19/h3-8,15,29H,1-2,9-14H2/t15-/m1/s1. The highest BCUT2D eigenvalue weighted by Gasteiger charge is 2.38. The van der Waals surface area contributed by atoms with Gasteiger partial charge in [0.15, 0.2) is 11.0 Å². The lowest BCUT2D eigenvalue weighted by Crippen LogP contribution is -2.50. The second-order valence-electron chi connectivity index (χ2n) is 7.86. The Bertz CT molecular complexity index is 852. The molecule has 1 N–H and O–H groups in total. The minimum absolute atomic E-state index is 0.0667. The van der Waals surface area contributed by atoms with Gasteiger partial charge in [-0.3, -0.25) is 4.79 Å². The Morgan fingerprint density at radius 3 is 2.41 bits per heavy atom. The van der Waals surface area contributed by atoms with Gasteiger partial charge < -0.3 is 14.9 Å². The first-order valence-corrected chi connectivity index (χ1v) is 10.7. The van der Waals surface area contributed by atoms with E-state index in [1.807, 2.05) is 23.1 Å². The maximum Gasteiger partial charge on any atom is 0.227 e. The number of halogens is 2. The van der Waals surface area contributed by atoms with Gasteiger partial charge in [0.05, 0.1) is 11.5 Å². The van der Waals surface area contributed by atoms with Crippen LogP contribution in [0.5, 0.6) is 0 Å². The summed E-state index contributed by atoms with van der Waals surface area (Å²) in [4.78, 5) is 17.1. The summed E-state index contributed by atoms with van der Waals surface area (Å²) in [7, 11) is 0. The molecule has 1 amide bonds. The molecule has 2 saturated heterocycles. The van der Waals surface area contributed by atoms with Crippen molar-refractivity contribution in [3.05, 3.63) is 52.1 Å². The molecule has 0 saturated carbocycles. The van der Waals surface area contributed by atoms with Crippen LogP contribution in [-0.2, 0) is 10.4 Å². The fraction of sp³-hybridized carbons (Fsp3) is 0.476. The van der Waals surface area contributed by atoms with Gasteiger partial charge in [-0.05, 0) is 55.5 Å². The van der Waals surface area contributed by atoms with Gasteiger partial charge in [0.25, 0.3) is 0 Å². The Hall–Kier alpha value is -1.89. The Morgan fingerprint density at radius 1 is 1.03 bits per heavy atom. The van der Waals surface area contributed by atoms with Gasteiger partial charge >= 0.3 is 0 Å². The number of aromatic nitrogens is 2. The van der Waals surface area contributed by atoms with Crippen LogP contribution in [0.15, 0.2) is 36.4 Å². The molecule has 2 fully saturated rings. The number of aliphatic hydroxyl groups is 1. The number of likely N-dealkylation sites (tertiary alicyclic amines) is 1. The molecule has 1 aromatic carbocycles. The number of amides is 1. The van der Waals surface area contributed by atoms with Crippen molar-refractivity contribution in [2.45, 2.75) is 31.3 Å². The smallest absolute Gasteiger partial charge is 0.227 e. The van der Waals surface area contributed by atoms with Gasteiger partial charge in [-0.15, -0.1) is 10.2 Å². The predicted molar refractivity (Wildman–Crippen MR) is 113 cm³/mol. The summed E-state index contributed by atoms with van der Waals surface area (Å²) in [6.07, 6.45) is 2.86. The number of hydrogen-bond donors (Lipinski definition) is 1. The number of anilines is 1. The fourth-order valence-electron chi connectivity index (χ4n) is 4.27. The van der Waals surface area contributed by atoms with Gasteiger partial charge in [0.1, 0.15) is 0 Å². The SMILES string of the molecule is O=C([C@@H]1CCCN(c2ccc(Cl)nn2)C1)N1CCC(O)(c2ccc(Cl)cc2)CC1. The van der Waals surface area contributed by atoms with Crippen molar-refractivity contribution in [1.29, 1.82) is 0 Å². The van der Waals surface area contributed by atoms with Gasteiger partial charge in [-0.1, -0.05) is 35.3 Å². The third kappa shape index (κ3) is 4.49. The molecule has 8 heteroatoms. The van der Waals surface area contributed by atoms with Crippen molar-refractivity contribution in [3.8, 4) is 0 Å². The number of piperidine rings is 2. The van der Waals surface area contributed by atoms with Crippen LogP contribution in [0.4, 0.5) is 5.82 Å². The van der Waals surface area contributed by atoms with E-state index in [0.29, 0.717) is 42.7 Å². The average molecular weight is 435 g/mol. The van der Waals surface area contributed by atoms with Gasteiger partial charge in [-0.25, -0.2) is 0 Å². The molecule has 2 aliphatic rings. The first kappa shape index (κ1) is 20.4. The van der Waals surface area contributed by atoms with E-state index in [9.17, 15) is 9.90 Å². The van der Waals surface area contributed by atoms with E-state index in [-0.39, 0.29) is 11.8 Å². The van der Waals surface area contributed by atoms with Crippen molar-refractivity contribution in [3.63, 3.8) is 0 Å². The zero-order valence-corrected chi connectivity index (χ0v) is 17.6. The fourth-order valence-corrected chi connectivity index (χ4v) is 4.50. The van der Waals surface area contributed by atoms with Crippen molar-refractivity contribution in [2.24, 2.45) is 5.92 Å². The maximum absolute atomic E-state index is 13.1. The van der Waals surface area contributed by atoms with Crippen LogP contribution in [0.25, 0.3) is 0 Å². The molecule has 1 aromatic heterocycles. The van der Waals surface area contributed by atoms with Crippen molar-refractivity contribution in [2.75, 3.05) is 31.1 Å². The Morgan fingerprint density at radius 2 is 1.76 bits per heavy atom. The van der Waals surface area contributed by atoms with Crippen LogP contribution in [-0.4, -0.2) is 52.3 Å². The molecule has 2 aliphatic heterocycles. The summed E-state index contributed by atoms with van der Waals surface area (Å²) in [5, 5.41) is 20.1. The molecule has 4 rings (SSSR count). The van der Waals surface area contributed by atoms with Crippen molar-refractivity contribution in [1.82, 2.24) is 15.1 Å². The first-order valence-electron chi connectivity index (χ1n) is 9.96. The number of benzene rings is 1. The highest BCUT2D eigenvalue weighted by atomic mass is 35.5. The summed E-state index contributed by atoms with van der Waals surface area (Å²) in [5.74, 6) is 0.848. The van der Waals surface area contributed by atoms with Crippen LogP contribution < -0.4 is 4.90 Å². The third-order valence-corrected chi connectivity index (χ3v) is 6.45. The van der Waals surface area contributed by atoms with E-state index in [1.54, 1.807) is 18.2 Å².